The van der Waals surface area contributed by atoms with Crippen molar-refractivity contribution in [2.45, 2.75) is 43.5 Å². The summed E-state index contributed by atoms with van der Waals surface area (Å²) in [5.41, 5.74) is 0. The molecule has 1 amide bonds. The van der Waals surface area contributed by atoms with E-state index in [1.165, 1.54) is 0 Å². The summed E-state index contributed by atoms with van der Waals surface area (Å²) >= 11 is 0. The van der Waals surface area contributed by atoms with Gasteiger partial charge in [0.2, 0.25) is 17.5 Å². The lowest BCUT2D eigenvalue weighted by Crippen LogP contribution is -2.61. The second-order valence-electron chi connectivity index (χ2n) is 4.70. The highest BCUT2D eigenvalue weighted by Gasteiger charge is 2.44. The number of hydrogen-bond donors (Lipinski definition) is 8. The van der Waals surface area contributed by atoms with Gasteiger partial charge in [-0.25, -0.2) is 4.79 Å². The molecule has 11 heteroatoms. The number of carboxylic acid groups (broad SMARTS) is 1. The molecule has 0 unspecified atom stereocenters. The normalized spacial score (nSPS) is 17.2. The highest BCUT2D eigenvalue weighted by molar-refractivity contribution is 6.32. The molecule has 0 fully saturated rings. The molecule has 0 spiro atoms. The second kappa shape index (κ2) is 8.12. The van der Waals surface area contributed by atoms with Crippen molar-refractivity contribution in [2.24, 2.45) is 0 Å². The highest BCUT2D eigenvalue weighted by atomic mass is 16.5. The molecule has 0 saturated carbocycles. The number of aliphatic hydroxyl groups is 6. The largest absolute Gasteiger partial charge is 0.475 e. The molecule has 0 bridgehead atoms. The summed E-state index contributed by atoms with van der Waals surface area (Å²) in [4.78, 5) is 32.5. The fraction of sp³-hybridized carbons (Fsp3) is 0.727. The summed E-state index contributed by atoms with van der Waals surface area (Å²) in [6.45, 7) is -0.406. The minimum atomic E-state index is -3.15. The predicted octanol–water partition coefficient (Wildman–Crippen LogP) is -4.71. The lowest BCUT2D eigenvalue weighted by atomic mass is 9.92. The molecule has 0 aliphatic heterocycles. The van der Waals surface area contributed by atoms with Gasteiger partial charge in [-0.3, -0.25) is 9.59 Å². The molecule has 0 aromatic rings. The molecule has 0 saturated heterocycles. The molecule has 0 aromatic carbocycles. The Balaban J connectivity index is 5.22. The van der Waals surface area contributed by atoms with Crippen LogP contribution in [0.2, 0.25) is 0 Å². The van der Waals surface area contributed by atoms with Crippen LogP contribution in [-0.2, 0) is 14.4 Å². The molecule has 0 aliphatic carbocycles. The number of carbonyl (C=O) groups excluding carboxylic acids is 2. The number of Topliss-reactive ketones (excluding diaryl/α,β-unsaturated/α-hetero) is 1. The first-order valence-corrected chi connectivity index (χ1v) is 6.07. The zero-order valence-corrected chi connectivity index (χ0v) is 11.6. The van der Waals surface area contributed by atoms with Gasteiger partial charge in [0.15, 0.2) is 0 Å². The number of aliphatic carboxylic acids is 1. The number of aliphatic hydroxyl groups excluding tert-OH is 4. The minimum absolute atomic E-state index is 0.816. The van der Waals surface area contributed by atoms with Gasteiger partial charge in [-0.15, -0.1) is 0 Å². The molecule has 22 heavy (non-hydrogen) atoms. The van der Waals surface area contributed by atoms with Crippen LogP contribution in [0.25, 0.3) is 0 Å². The lowest BCUT2D eigenvalue weighted by molar-refractivity contribution is -0.267. The van der Waals surface area contributed by atoms with Gasteiger partial charge in [-0.2, -0.15) is 0 Å². The summed E-state index contributed by atoms with van der Waals surface area (Å²) in [7, 11) is 0. The van der Waals surface area contributed by atoms with Crippen LogP contribution in [0.1, 0.15) is 13.3 Å². The lowest BCUT2D eigenvalue weighted by Gasteiger charge is -2.35. The van der Waals surface area contributed by atoms with Crippen LogP contribution in [0, 0.1) is 0 Å². The molecule has 4 atom stereocenters. The summed E-state index contributed by atoms with van der Waals surface area (Å²) < 4.78 is 0. The van der Waals surface area contributed by atoms with Crippen LogP contribution in [0.5, 0.6) is 0 Å². The molecule has 0 rings (SSSR count). The van der Waals surface area contributed by atoms with Gasteiger partial charge in [0.1, 0.15) is 12.2 Å². The van der Waals surface area contributed by atoms with Gasteiger partial charge in [0.25, 0.3) is 0 Å². The van der Waals surface area contributed by atoms with E-state index in [0.29, 0.717) is 0 Å². The molecular weight excluding hydrogens is 306 g/mol. The first kappa shape index (κ1) is 20.4. The fourth-order valence-corrected chi connectivity index (χ4v) is 1.61. The maximum Gasteiger partial charge on any atom is 0.372 e. The molecule has 0 radical (unpaired) electrons. The van der Waals surface area contributed by atoms with Crippen molar-refractivity contribution in [3.05, 3.63) is 0 Å². The molecule has 0 heterocycles. The van der Waals surface area contributed by atoms with E-state index in [1.807, 2.05) is 5.32 Å². The van der Waals surface area contributed by atoms with Gasteiger partial charge in [-0.1, -0.05) is 0 Å². The average Bonchev–Trinajstić information content (AvgIpc) is 2.42. The number of rotatable bonds is 9. The summed E-state index contributed by atoms with van der Waals surface area (Å²) in [5.74, 6) is -7.24. The Morgan fingerprint density at radius 2 is 1.64 bits per heavy atom. The smallest absolute Gasteiger partial charge is 0.372 e. The third-order valence-corrected chi connectivity index (χ3v) is 2.82. The Labute approximate surface area is 124 Å². The first-order chi connectivity index (χ1) is 9.93. The van der Waals surface area contributed by atoms with Crippen molar-refractivity contribution < 1.29 is 50.1 Å². The average molecular weight is 325 g/mol. The molecule has 8 N–H and O–H groups in total. The summed E-state index contributed by atoms with van der Waals surface area (Å²) in [6, 6.07) is -1.79. The summed E-state index contributed by atoms with van der Waals surface area (Å²) in [6.07, 6.45) is -7.59. The maximum atomic E-state index is 11.0. The molecular formula is C11H19NO10. The number of carboxylic acids is 1. The van der Waals surface area contributed by atoms with E-state index in [4.69, 9.17) is 10.2 Å². The van der Waals surface area contributed by atoms with Crippen LogP contribution in [-0.4, -0.2) is 90.2 Å². The molecule has 0 aliphatic rings. The summed E-state index contributed by atoms with van der Waals surface area (Å²) in [5, 5.41) is 66.6. The van der Waals surface area contributed by atoms with E-state index in [9.17, 15) is 39.9 Å². The Bertz CT molecular complexity index is 423. The molecule has 0 aromatic heterocycles. The zero-order valence-electron chi connectivity index (χ0n) is 11.6. The van der Waals surface area contributed by atoms with Gasteiger partial charge in [0, 0.05) is 13.3 Å². The van der Waals surface area contributed by atoms with Crippen molar-refractivity contribution in [2.75, 3.05) is 6.61 Å². The first-order valence-electron chi connectivity index (χ1n) is 6.07. The van der Waals surface area contributed by atoms with E-state index >= 15 is 0 Å². The molecule has 11 nitrogen and oxygen atoms in total. The number of amides is 1. The fourth-order valence-electron chi connectivity index (χ4n) is 1.61. The van der Waals surface area contributed by atoms with E-state index in [1.54, 1.807) is 0 Å². The second-order valence-corrected chi connectivity index (χ2v) is 4.70. The Hall–Kier alpha value is -1.63. The van der Waals surface area contributed by atoms with Gasteiger partial charge < -0.3 is 41.1 Å². The van der Waals surface area contributed by atoms with E-state index in [2.05, 4.69) is 0 Å². The Morgan fingerprint density at radius 1 is 1.14 bits per heavy atom. The van der Waals surface area contributed by atoms with Crippen molar-refractivity contribution in [1.82, 2.24) is 5.32 Å². The number of carbonyl (C=O) groups is 3. The minimum Gasteiger partial charge on any atom is -0.475 e. The van der Waals surface area contributed by atoms with E-state index < -0.39 is 60.8 Å². The van der Waals surface area contributed by atoms with Crippen LogP contribution in [0.4, 0.5) is 0 Å². The van der Waals surface area contributed by atoms with Crippen molar-refractivity contribution in [3.8, 4) is 0 Å². The third kappa shape index (κ3) is 5.63. The van der Waals surface area contributed by atoms with Gasteiger partial charge >= 0.3 is 5.97 Å². The number of hydrogen-bond acceptors (Lipinski definition) is 9. The van der Waals surface area contributed by atoms with Crippen LogP contribution < -0.4 is 5.32 Å². The third-order valence-electron chi connectivity index (χ3n) is 2.82. The Kier molecular flexibility index (Phi) is 7.52. The van der Waals surface area contributed by atoms with E-state index in [0.717, 1.165) is 6.92 Å². The zero-order chi connectivity index (χ0) is 17.7. The number of ketones is 1. The van der Waals surface area contributed by atoms with Crippen molar-refractivity contribution in [1.29, 1.82) is 0 Å². The number of nitrogens with one attached hydrogen (secondary N) is 1. The highest BCUT2D eigenvalue weighted by Crippen LogP contribution is 2.16. The monoisotopic (exact) mass is 325 g/mol. The quantitative estimate of drug-likeness (QED) is 0.150. The van der Waals surface area contributed by atoms with Crippen LogP contribution in [0.3, 0.4) is 0 Å². The SMILES string of the molecule is CC(=O)N[C@@H]([C@@H](O)[C@H](O)C(O)(O)CO)[C@@H](O)CC(=O)C(=O)O. The van der Waals surface area contributed by atoms with Crippen molar-refractivity contribution >= 4 is 17.7 Å². The van der Waals surface area contributed by atoms with Gasteiger partial charge in [-0.05, 0) is 0 Å². The van der Waals surface area contributed by atoms with Crippen molar-refractivity contribution in [3.63, 3.8) is 0 Å². The maximum absolute atomic E-state index is 11.0. The Morgan fingerprint density at radius 3 is 2.00 bits per heavy atom. The predicted molar refractivity (Wildman–Crippen MR) is 67.1 cm³/mol. The van der Waals surface area contributed by atoms with Crippen LogP contribution >= 0.6 is 0 Å². The molecule has 128 valence electrons. The standard InChI is InChI=1S/C11H19NO10/c1-4(14)12-7(5(15)2-6(16)10(19)20)8(17)9(18)11(21,22)3-13/h5,7-9,13,15,17-18,21-22H,2-3H2,1H3,(H,12,14)(H,19,20)/t5-,7+,8+,9-/m0/s1. The van der Waals surface area contributed by atoms with Crippen LogP contribution in [0.15, 0.2) is 0 Å². The topological polar surface area (TPSA) is 205 Å². The van der Waals surface area contributed by atoms with Gasteiger partial charge in [0.05, 0.1) is 18.8 Å². The van der Waals surface area contributed by atoms with E-state index in [-0.39, 0.29) is 0 Å².